The molecule has 10 heteroatoms. The molecular weight excluding hydrogens is 588 g/mol. The van der Waals surface area contributed by atoms with E-state index in [9.17, 15) is 14.0 Å². The van der Waals surface area contributed by atoms with Crippen LogP contribution < -0.4 is 16.0 Å². The minimum Gasteiger partial charge on any atom is -0.359 e. The van der Waals surface area contributed by atoms with Gasteiger partial charge in [-0.15, -0.1) is 0 Å². The highest BCUT2D eigenvalue weighted by Gasteiger charge is 2.33. The maximum Gasteiger partial charge on any atom is 0.211 e. The minimum atomic E-state index is -0.383. The third kappa shape index (κ3) is 13.1. The number of nitrogens with zero attached hydrogens (tertiary/aromatic N) is 2. The maximum atomic E-state index is 14.4. The molecule has 2 amide bonds. The molecule has 0 aliphatic carbocycles. The van der Waals surface area contributed by atoms with Crippen molar-refractivity contribution < 1.29 is 14.0 Å². The quantitative estimate of drug-likeness (QED) is 0.208. The van der Waals surface area contributed by atoms with Gasteiger partial charge in [0, 0.05) is 74.4 Å². The molecule has 2 saturated heterocycles. The number of hydrogen-bond donors (Lipinski definition) is 3. The molecule has 2 aromatic rings. The van der Waals surface area contributed by atoms with Crippen molar-refractivity contribution in [2.45, 2.75) is 65.8 Å². The van der Waals surface area contributed by atoms with Crippen LogP contribution in [-0.2, 0) is 9.59 Å². The van der Waals surface area contributed by atoms with Gasteiger partial charge in [0.05, 0.1) is 5.02 Å². The van der Waals surface area contributed by atoms with Crippen LogP contribution in [0.5, 0.6) is 0 Å². The summed E-state index contributed by atoms with van der Waals surface area (Å²) < 4.78 is 14.4. The molecule has 2 heterocycles. The highest BCUT2D eigenvalue weighted by atomic mass is 35.5. The lowest BCUT2D eigenvalue weighted by atomic mass is 9.83. The van der Waals surface area contributed by atoms with Crippen LogP contribution in [0.25, 0.3) is 0 Å². The molecule has 2 fully saturated rings. The van der Waals surface area contributed by atoms with E-state index in [1.54, 1.807) is 30.3 Å². The molecule has 3 N–H and O–H groups in total. The van der Waals surface area contributed by atoms with Gasteiger partial charge in [-0.2, -0.15) is 0 Å². The summed E-state index contributed by atoms with van der Waals surface area (Å²) in [4.78, 5) is 25.9. The third-order valence-corrected chi connectivity index (χ3v) is 7.77. The van der Waals surface area contributed by atoms with E-state index in [2.05, 4.69) is 67.3 Å². The van der Waals surface area contributed by atoms with E-state index in [4.69, 9.17) is 23.2 Å². The first-order valence-electron chi connectivity index (χ1n) is 15.1. The van der Waals surface area contributed by atoms with Crippen molar-refractivity contribution in [2.75, 3.05) is 57.7 Å². The Morgan fingerprint density at radius 2 is 1.60 bits per heavy atom. The van der Waals surface area contributed by atoms with Gasteiger partial charge in [-0.1, -0.05) is 69.1 Å². The van der Waals surface area contributed by atoms with Gasteiger partial charge in [-0.25, -0.2) is 4.39 Å². The van der Waals surface area contributed by atoms with Crippen LogP contribution in [0.15, 0.2) is 36.4 Å². The fraction of sp³-hybridized carbons (Fsp3) is 0.576. The second-order valence-electron chi connectivity index (χ2n) is 12.9. The number of piperazine rings is 1. The third-order valence-electron chi connectivity index (χ3n) is 7.24. The van der Waals surface area contributed by atoms with Crippen LogP contribution in [0.3, 0.4) is 0 Å². The molecule has 0 radical (unpaired) electrons. The first kappa shape index (κ1) is 37.0. The largest absolute Gasteiger partial charge is 0.359 e. The van der Waals surface area contributed by atoms with Gasteiger partial charge in [0.2, 0.25) is 12.8 Å². The van der Waals surface area contributed by atoms with Crippen molar-refractivity contribution in [3.05, 3.63) is 63.4 Å². The first-order chi connectivity index (χ1) is 20.3. The number of carbonyl (C=O) groups excluding carboxylic acids is 2. The molecule has 43 heavy (non-hydrogen) atoms. The molecule has 2 aromatic carbocycles. The van der Waals surface area contributed by atoms with E-state index in [0.717, 1.165) is 31.5 Å². The second-order valence-corrected chi connectivity index (χ2v) is 13.7. The number of rotatable bonds is 10. The van der Waals surface area contributed by atoms with E-state index in [1.165, 1.54) is 26.2 Å². The van der Waals surface area contributed by atoms with Crippen molar-refractivity contribution in [3.8, 4) is 0 Å². The van der Waals surface area contributed by atoms with Gasteiger partial charge in [0.15, 0.2) is 0 Å². The smallest absolute Gasteiger partial charge is 0.211 e. The lowest BCUT2D eigenvalue weighted by molar-refractivity contribution is -0.109. The van der Waals surface area contributed by atoms with Gasteiger partial charge < -0.3 is 20.9 Å². The molecule has 240 valence electrons. The van der Waals surface area contributed by atoms with Gasteiger partial charge in [0.1, 0.15) is 5.82 Å². The van der Waals surface area contributed by atoms with E-state index in [-0.39, 0.29) is 22.7 Å². The molecule has 0 bridgehead atoms. The number of carbonyl (C=O) groups is 2. The molecule has 2 aliphatic heterocycles. The highest BCUT2D eigenvalue weighted by Crippen LogP contribution is 2.41. The summed E-state index contributed by atoms with van der Waals surface area (Å²) in [6, 6.07) is 11.1. The summed E-state index contributed by atoms with van der Waals surface area (Å²) in [5.74, 6) is -0.434. The monoisotopic (exact) mass is 637 g/mol. The number of halogens is 3. The molecule has 2 aliphatic rings. The van der Waals surface area contributed by atoms with E-state index >= 15 is 0 Å². The van der Waals surface area contributed by atoms with Crippen LogP contribution >= 0.6 is 23.2 Å². The van der Waals surface area contributed by atoms with Crippen LogP contribution in [0.2, 0.25) is 10.0 Å². The van der Waals surface area contributed by atoms with Gasteiger partial charge in [-0.3, -0.25) is 14.5 Å². The van der Waals surface area contributed by atoms with Crippen molar-refractivity contribution in [1.29, 1.82) is 0 Å². The number of nitrogens with one attached hydrogen (secondary N) is 3. The van der Waals surface area contributed by atoms with E-state index in [0.29, 0.717) is 47.2 Å². The Morgan fingerprint density at radius 1 is 0.977 bits per heavy atom. The van der Waals surface area contributed by atoms with Gasteiger partial charge in [-0.05, 0) is 61.6 Å². The zero-order valence-corrected chi connectivity index (χ0v) is 28.1. The fourth-order valence-corrected chi connectivity index (χ4v) is 5.50. The highest BCUT2D eigenvalue weighted by molar-refractivity contribution is 6.31. The van der Waals surface area contributed by atoms with Crippen LogP contribution in [-0.4, -0.2) is 81.0 Å². The number of hydrogen-bond acceptors (Lipinski definition) is 5. The Balaban J connectivity index is 0.000000277. The maximum absolute atomic E-state index is 14.4. The predicted molar refractivity (Wildman–Crippen MR) is 178 cm³/mol. The number of benzene rings is 2. The van der Waals surface area contributed by atoms with Crippen molar-refractivity contribution >= 4 is 41.7 Å². The predicted octanol–water partition coefficient (Wildman–Crippen LogP) is 6.37. The molecule has 0 spiro atoms. The van der Waals surface area contributed by atoms with E-state index < -0.39 is 0 Å². The summed E-state index contributed by atoms with van der Waals surface area (Å²) in [6.07, 6.45) is 2.45. The normalized spacial score (nSPS) is 19.1. The molecule has 2 unspecified atom stereocenters. The molecule has 0 saturated carbocycles. The van der Waals surface area contributed by atoms with Crippen LogP contribution in [0.1, 0.15) is 70.9 Å². The second kappa shape index (κ2) is 18.5. The molecule has 7 nitrogen and oxygen atoms in total. The molecule has 4 rings (SSSR count). The van der Waals surface area contributed by atoms with Gasteiger partial charge in [0.25, 0.3) is 0 Å². The topological polar surface area (TPSA) is 76.7 Å². The average Bonchev–Trinajstić information content (AvgIpc) is 3.42. The fourth-order valence-electron chi connectivity index (χ4n) is 5.15. The lowest BCUT2D eigenvalue weighted by Gasteiger charge is -2.36. The SMILES string of the molecule is CC(C)(C)C.CC(C)N1CCN(CCCNC=O)CC1.O=CNc1cc(Cl)ccc1C1CNCC1c1cccc(Cl)c1F. The summed E-state index contributed by atoms with van der Waals surface area (Å²) >= 11 is 11.9. The summed E-state index contributed by atoms with van der Waals surface area (Å²) in [6.45, 7) is 21.2. The van der Waals surface area contributed by atoms with Crippen molar-refractivity contribution in [3.63, 3.8) is 0 Å². The van der Waals surface area contributed by atoms with Crippen molar-refractivity contribution in [2.24, 2.45) is 5.41 Å². The summed E-state index contributed by atoms with van der Waals surface area (Å²) in [5, 5.41) is 9.33. The Morgan fingerprint density at radius 3 is 2.19 bits per heavy atom. The molecule has 0 aromatic heterocycles. The van der Waals surface area contributed by atoms with Gasteiger partial charge >= 0.3 is 0 Å². The number of amides is 2. The zero-order valence-electron chi connectivity index (χ0n) is 26.6. The summed E-state index contributed by atoms with van der Waals surface area (Å²) in [7, 11) is 0. The molecular formula is C33H50Cl2FN5O2. The standard InChI is InChI=1S/C17H15Cl2FN2O.C11H23N3O.C5H12/c18-10-4-5-11(16(6-10)22-9-23)13-7-21-8-14(13)12-2-1-3-15(19)17(12)20;1-11(2)14-8-6-13(7-9-14)5-3-4-12-10-15;1-5(2,3)4/h1-6,9,13-14,21H,7-8H2,(H,22,23);10-11H,3-9H2,1-2H3,(H,12,15);1-4H3. The minimum absolute atomic E-state index is 0.0164. The van der Waals surface area contributed by atoms with Crippen LogP contribution in [0, 0.1) is 11.2 Å². The Hall–Kier alpha value is -2.23. The Kier molecular flexibility index (Phi) is 15.9. The van der Waals surface area contributed by atoms with Crippen LogP contribution in [0.4, 0.5) is 10.1 Å². The molecule has 2 atom stereocenters. The number of anilines is 1. The Labute approximate surface area is 267 Å². The lowest BCUT2D eigenvalue weighted by Crippen LogP contribution is -2.49. The Bertz CT molecular complexity index is 1130. The zero-order chi connectivity index (χ0) is 32.0. The van der Waals surface area contributed by atoms with Crippen molar-refractivity contribution in [1.82, 2.24) is 20.4 Å². The van der Waals surface area contributed by atoms with E-state index in [1.807, 2.05) is 6.07 Å². The first-order valence-corrected chi connectivity index (χ1v) is 15.9. The average molecular weight is 639 g/mol. The summed E-state index contributed by atoms with van der Waals surface area (Å²) in [5.41, 5.74) is 2.66.